The molecule has 0 spiro atoms. The van der Waals surface area contributed by atoms with Crippen LogP contribution in [0.3, 0.4) is 0 Å². The Kier molecular flexibility index (Phi) is 5.24. The predicted octanol–water partition coefficient (Wildman–Crippen LogP) is 0.999. The molecule has 1 aliphatic carbocycles. The molecule has 0 unspecified atom stereocenters. The van der Waals surface area contributed by atoms with Crippen LogP contribution in [0.1, 0.15) is 36.0 Å². The molecule has 0 N–H and O–H groups in total. The number of rotatable bonds is 6. The summed E-state index contributed by atoms with van der Waals surface area (Å²) in [6.07, 6.45) is 4.18. The Labute approximate surface area is 162 Å². The van der Waals surface area contributed by atoms with Gasteiger partial charge in [0, 0.05) is 18.7 Å². The van der Waals surface area contributed by atoms with Gasteiger partial charge in [-0.15, -0.1) is 0 Å². The van der Waals surface area contributed by atoms with Crippen LogP contribution in [-0.4, -0.2) is 67.7 Å². The molecule has 0 aromatic heterocycles. The van der Waals surface area contributed by atoms with Gasteiger partial charge in [-0.2, -0.15) is 0 Å². The van der Waals surface area contributed by atoms with Crippen LogP contribution in [-0.2, 0) is 19.6 Å². The van der Waals surface area contributed by atoms with E-state index in [9.17, 15) is 27.6 Å². The topological polar surface area (TPSA) is 112 Å². The van der Waals surface area contributed by atoms with Gasteiger partial charge in [-0.3, -0.25) is 23.6 Å². The van der Waals surface area contributed by atoms with E-state index in [1.807, 2.05) is 0 Å². The van der Waals surface area contributed by atoms with Crippen molar-refractivity contribution in [2.24, 2.45) is 0 Å². The number of nitrogens with zero attached hydrogens (tertiary/aromatic N) is 3. The van der Waals surface area contributed by atoms with Crippen LogP contribution in [0.2, 0.25) is 0 Å². The normalized spacial score (nSPS) is 18.3. The lowest BCUT2D eigenvalue weighted by Crippen LogP contribution is -2.41. The number of hydrogen-bond acceptors (Lipinski definition) is 6. The van der Waals surface area contributed by atoms with Gasteiger partial charge in [-0.1, -0.05) is 12.8 Å². The number of carbonyl (C=O) groups excluding carboxylic acids is 4. The molecule has 150 valence electrons. The Morgan fingerprint density at radius 3 is 2.18 bits per heavy atom. The molecular weight excluding hydrogens is 386 g/mol. The Morgan fingerprint density at radius 1 is 1.07 bits per heavy atom. The van der Waals surface area contributed by atoms with Crippen molar-refractivity contribution in [2.45, 2.75) is 31.7 Å². The van der Waals surface area contributed by atoms with Gasteiger partial charge in [0.05, 0.1) is 18.5 Å². The second kappa shape index (κ2) is 7.34. The smallest absolute Gasteiger partial charge is 0.292 e. The Balaban J connectivity index is 1.73. The summed E-state index contributed by atoms with van der Waals surface area (Å²) in [7, 11) is -2.05. The van der Waals surface area contributed by atoms with Crippen molar-refractivity contribution in [3.05, 3.63) is 29.8 Å². The highest BCUT2D eigenvalue weighted by Crippen LogP contribution is 2.28. The standard InChI is InChI=1S/C18H21N3O6S/c1-19(28(2,26)27)13-9-7-12(8-10-13)15(22)11-20-16(23)17(24)21(18(20)25)14-5-3-4-6-14/h7-10,14H,3-6,11H2,1-2H3. The van der Waals surface area contributed by atoms with Crippen molar-refractivity contribution in [3.8, 4) is 0 Å². The van der Waals surface area contributed by atoms with E-state index in [0.717, 1.165) is 28.3 Å². The van der Waals surface area contributed by atoms with Gasteiger partial charge in [0.1, 0.15) is 0 Å². The molecule has 3 rings (SSSR count). The third-order valence-corrected chi connectivity index (χ3v) is 6.33. The van der Waals surface area contributed by atoms with Gasteiger partial charge < -0.3 is 0 Å². The molecule has 0 atom stereocenters. The summed E-state index contributed by atoms with van der Waals surface area (Å²) in [4.78, 5) is 51.1. The first-order chi connectivity index (χ1) is 13.1. The predicted molar refractivity (Wildman–Crippen MR) is 100 cm³/mol. The summed E-state index contributed by atoms with van der Waals surface area (Å²) in [6.45, 7) is -0.534. The number of imide groups is 2. The number of amides is 4. The average molecular weight is 407 g/mol. The number of sulfonamides is 1. The summed E-state index contributed by atoms with van der Waals surface area (Å²) in [5.41, 5.74) is 0.577. The quantitative estimate of drug-likeness (QED) is 0.395. The van der Waals surface area contributed by atoms with E-state index in [4.69, 9.17) is 0 Å². The van der Waals surface area contributed by atoms with E-state index in [1.165, 1.54) is 31.3 Å². The van der Waals surface area contributed by atoms with Crippen LogP contribution in [0.4, 0.5) is 10.5 Å². The number of anilines is 1. The molecule has 28 heavy (non-hydrogen) atoms. The minimum absolute atomic E-state index is 0.206. The van der Waals surface area contributed by atoms with Crippen LogP contribution in [0.5, 0.6) is 0 Å². The molecule has 0 bridgehead atoms. The number of Topliss-reactive ketones (excluding diaryl/α,β-unsaturated/α-hetero) is 1. The lowest BCUT2D eigenvalue weighted by atomic mass is 10.1. The minimum atomic E-state index is -3.43. The first-order valence-electron chi connectivity index (χ1n) is 8.87. The number of urea groups is 1. The number of benzene rings is 1. The first kappa shape index (κ1) is 20.0. The molecule has 10 heteroatoms. The van der Waals surface area contributed by atoms with Crippen molar-refractivity contribution in [3.63, 3.8) is 0 Å². The van der Waals surface area contributed by atoms with Crippen LogP contribution in [0, 0.1) is 0 Å². The molecule has 2 aliphatic rings. The minimum Gasteiger partial charge on any atom is -0.292 e. The zero-order valence-electron chi connectivity index (χ0n) is 15.6. The summed E-state index contributed by atoms with van der Waals surface area (Å²) < 4.78 is 24.2. The maximum atomic E-state index is 12.5. The van der Waals surface area contributed by atoms with E-state index in [1.54, 1.807) is 0 Å². The van der Waals surface area contributed by atoms with Crippen LogP contribution < -0.4 is 4.31 Å². The van der Waals surface area contributed by atoms with Crippen LogP contribution in [0.25, 0.3) is 0 Å². The second-order valence-electron chi connectivity index (χ2n) is 6.99. The van der Waals surface area contributed by atoms with Crippen LogP contribution >= 0.6 is 0 Å². The van der Waals surface area contributed by atoms with E-state index >= 15 is 0 Å². The van der Waals surface area contributed by atoms with Gasteiger partial charge in [-0.25, -0.2) is 18.1 Å². The van der Waals surface area contributed by atoms with Gasteiger partial charge in [0.2, 0.25) is 10.0 Å². The van der Waals surface area contributed by atoms with Crippen molar-refractivity contribution in [1.29, 1.82) is 0 Å². The molecular formula is C18H21N3O6S. The zero-order valence-corrected chi connectivity index (χ0v) is 16.4. The fourth-order valence-electron chi connectivity index (χ4n) is 3.43. The summed E-state index contributed by atoms with van der Waals surface area (Å²) in [5.74, 6) is -2.38. The van der Waals surface area contributed by atoms with E-state index in [-0.39, 0.29) is 11.6 Å². The Morgan fingerprint density at radius 2 is 1.64 bits per heavy atom. The average Bonchev–Trinajstić information content (AvgIpc) is 3.24. The third kappa shape index (κ3) is 3.64. The SMILES string of the molecule is CN(c1ccc(C(=O)CN2C(=O)C(=O)N(C3CCCC3)C2=O)cc1)S(C)(=O)=O. The highest BCUT2D eigenvalue weighted by Gasteiger charge is 2.48. The fraction of sp³-hybridized carbons (Fsp3) is 0.444. The van der Waals surface area contributed by atoms with Crippen molar-refractivity contribution in [1.82, 2.24) is 9.80 Å². The van der Waals surface area contributed by atoms with Crippen molar-refractivity contribution < 1.29 is 27.6 Å². The third-order valence-electron chi connectivity index (χ3n) is 5.13. The lowest BCUT2D eigenvalue weighted by molar-refractivity contribution is -0.143. The Bertz CT molecular complexity index is 935. The monoisotopic (exact) mass is 407 g/mol. The van der Waals surface area contributed by atoms with Gasteiger partial charge in [-0.05, 0) is 37.1 Å². The molecule has 1 aromatic carbocycles. The van der Waals surface area contributed by atoms with Crippen LogP contribution in [0.15, 0.2) is 24.3 Å². The summed E-state index contributed by atoms with van der Waals surface area (Å²) in [5, 5.41) is 0. The molecule has 1 aromatic rings. The number of ketones is 1. The maximum absolute atomic E-state index is 12.5. The summed E-state index contributed by atoms with van der Waals surface area (Å²) >= 11 is 0. The molecule has 9 nitrogen and oxygen atoms in total. The maximum Gasteiger partial charge on any atom is 0.334 e. The molecule has 1 heterocycles. The second-order valence-corrected chi connectivity index (χ2v) is 9.00. The largest absolute Gasteiger partial charge is 0.334 e. The lowest BCUT2D eigenvalue weighted by Gasteiger charge is -2.21. The summed E-state index contributed by atoms with van der Waals surface area (Å²) in [6, 6.07) is 4.72. The van der Waals surface area contributed by atoms with Gasteiger partial charge in [0.15, 0.2) is 5.78 Å². The van der Waals surface area contributed by atoms with Crippen molar-refractivity contribution in [2.75, 3.05) is 24.2 Å². The molecule has 2 fully saturated rings. The highest BCUT2D eigenvalue weighted by atomic mass is 32.2. The number of carbonyl (C=O) groups is 4. The molecule has 0 radical (unpaired) electrons. The van der Waals surface area contributed by atoms with Crippen molar-refractivity contribution >= 4 is 39.3 Å². The molecule has 1 aliphatic heterocycles. The Hall–Kier alpha value is -2.75. The van der Waals surface area contributed by atoms with E-state index < -0.39 is 40.2 Å². The zero-order chi connectivity index (χ0) is 20.6. The highest BCUT2D eigenvalue weighted by molar-refractivity contribution is 7.92. The molecule has 1 saturated heterocycles. The van der Waals surface area contributed by atoms with Gasteiger partial charge in [0.25, 0.3) is 0 Å². The van der Waals surface area contributed by atoms with E-state index in [0.29, 0.717) is 23.4 Å². The van der Waals surface area contributed by atoms with E-state index in [2.05, 4.69) is 0 Å². The fourth-order valence-corrected chi connectivity index (χ4v) is 3.93. The number of hydrogen-bond donors (Lipinski definition) is 0. The first-order valence-corrected chi connectivity index (χ1v) is 10.7. The van der Waals surface area contributed by atoms with Gasteiger partial charge >= 0.3 is 17.8 Å². The molecule has 1 saturated carbocycles. The molecule has 4 amide bonds.